The van der Waals surface area contributed by atoms with Crippen molar-refractivity contribution in [1.29, 1.82) is 0 Å². The number of carbonyl (C=O) groups is 1. The van der Waals surface area contributed by atoms with Crippen LogP contribution in [0.25, 0.3) is 0 Å². The van der Waals surface area contributed by atoms with Gasteiger partial charge in [-0.1, -0.05) is 50.1 Å². The maximum Gasteiger partial charge on any atom is 0.323 e. The molecule has 3 heteroatoms. The van der Waals surface area contributed by atoms with Crippen molar-refractivity contribution in [3.8, 4) is 0 Å². The van der Waals surface area contributed by atoms with Gasteiger partial charge in [0, 0.05) is 0 Å². The summed E-state index contributed by atoms with van der Waals surface area (Å²) in [6.07, 6.45) is 7.15. The summed E-state index contributed by atoms with van der Waals surface area (Å²) in [5.41, 5.74) is 7.19. The van der Waals surface area contributed by atoms with Gasteiger partial charge in [-0.25, -0.2) is 0 Å². The number of ether oxygens (including phenoxy) is 1. The molecule has 3 atom stereocenters. The molecule has 1 aliphatic carbocycles. The van der Waals surface area contributed by atoms with E-state index in [9.17, 15) is 4.79 Å². The second-order valence-electron chi connectivity index (χ2n) is 6.13. The fourth-order valence-corrected chi connectivity index (χ4v) is 3.06. The Labute approximate surface area is 127 Å². The molecule has 1 aliphatic rings. The van der Waals surface area contributed by atoms with E-state index in [2.05, 4.69) is 19.1 Å². The Morgan fingerprint density at radius 3 is 2.81 bits per heavy atom. The average Bonchev–Trinajstić information content (AvgIpc) is 2.53. The van der Waals surface area contributed by atoms with Crippen molar-refractivity contribution in [2.45, 2.75) is 64.0 Å². The summed E-state index contributed by atoms with van der Waals surface area (Å²) in [7, 11) is 0. The molecule has 0 saturated heterocycles. The quantitative estimate of drug-likeness (QED) is 0.816. The highest BCUT2D eigenvalue weighted by Gasteiger charge is 2.25. The van der Waals surface area contributed by atoms with E-state index in [1.165, 1.54) is 18.4 Å². The fraction of sp³-hybridized carbons (Fsp3) is 0.611. The van der Waals surface area contributed by atoms with Gasteiger partial charge in [0.05, 0.1) is 0 Å². The van der Waals surface area contributed by atoms with Gasteiger partial charge in [-0.2, -0.15) is 0 Å². The van der Waals surface area contributed by atoms with Gasteiger partial charge in [-0.3, -0.25) is 4.79 Å². The third-order valence-electron chi connectivity index (χ3n) is 4.48. The van der Waals surface area contributed by atoms with Crippen LogP contribution in [0.5, 0.6) is 0 Å². The maximum absolute atomic E-state index is 12.1. The van der Waals surface area contributed by atoms with Gasteiger partial charge in [0.25, 0.3) is 0 Å². The zero-order valence-electron chi connectivity index (χ0n) is 13.0. The van der Waals surface area contributed by atoms with E-state index < -0.39 is 6.04 Å². The molecule has 2 rings (SSSR count). The van der Waals surface area contributed by atoms with E-state index in [1.807, 2.05) is 18.2 Å². The first-order chi connectivity index (χ1) is 10.2. The predicted octanol–water partition coefficient (Wildman–Crippen LogP) is 3.46. The van der Waals surface area contributed by atoms with Crippen molar-refractivity contribution < 1.29 is 9.53 Å². The molecule has 1 aromatic carbocycles. The SMILES string of the molecule is CCC1CCCC(OC(=O)C(N)CCc2ccccc2)C1. The van der Waals surface area contributed by atoms with Gasteiger partial charge in [-0.15, -0.1) is 0 Å². The Morgan fingerprint density at radius 2 is 2.10 bits per heavy atom. The van der Waals surface area contributed by atoms with Crippen LogP contribution in [0.4, 0.5) is 0 Å². The first kappa shape index (κ1) is 16.0. The third-order valence-corrected chi connectivity index (χ3v) is 4.48. The van der Waals surface area contributed by atoms with Crippen LogP contribution in [0, 0.1) is 5.92 Å². The van der Waals surface area contributed by atoms with Crippen LogP contribution in [-0.4, -0.2) is 18.1 Å². The topological polar surface area (TPSA) is 52.3 Å². The molecule has 116 valence electrons. The first-order valence-corrected chi connectivity index (χ1v) is 8.19. The average molecular weight is 289 g/mol. The van der Waals surface area contributed by atoms with E-state index in [4.69, 9.17) is 10.5 Å². The zero-order valence-corrected chi connectivity index (χ0v) is 13.0. The Morgan fingerprint density at radius 1 is 1.33 bits per heavy atom. The smallest absolute Gasteiger partial charge is 0.323 e. The summed E-state index contributed by atoms with van der Waals surface area (Å²) in [4.78, 5) is 12.1. The number of aryl methyl sites for hydroxylation is 1. The molecule has 0 radical (unpaired) electrons. The molecule has 3 unspecified atom stereocenters. The Hall–Kier alpha value is -1.35. The van der Waals surface area contributed by atoms with Crippen molar-refractivity contribution in [2.75, 3.05) is 0 Å². The monoisotopic (exact) mass is 289 g/mol. The number of carbonyl (C=O) groups excluding carboxylic acids is 1. The highest BCUT2D eigenvalue weighted by Crippen LogP contribution is 2.28. The lowest BCUT2D eigenvalue weighted by Crippen LogP contribution is -2.36. The predicted molar refractivity (Wildman–Crippen MR) is 84.9 cm³/mol. The fourth-order valence-electron chi connectivity index (χ4n) is 3.06. The number of hydrogen-bond donors (Lipinski definition) is 1. The van der Waals surface area contributed by atoms with Gasteiger partial charge < -0.3 is 10.5 Å². The summed E-state index contributed by atoms with van der Waals surface area (Å²) >= 11 is 0. The molecule has 2 N–H and O–H groups in total. The highest BCUT2D eigenvalue weighted by atomic mass is 16.5. The van der Waals surface area contributed by atoms with Gasteiger partial charge in [0.2, 0.25) is 0 Å². The molecule has 1 fully saturated rings. The minimum Gasteiger partial charge on any atom is -0.461 e. The van der Waals surface area contributed by atoms with E-state index in [0.717, 1.165) is 25.7 Å². The molecule has 1 aromatic rings. The molecular weight excluding hydrogens is 262 g/mol. The molecule has 0 heterocycles. The molecule has 3 nitrogen and oxygen atoms in total. The largest absolute Gasteiger partial charge is 0.461 e. The lowest BCUT2D eigenvalue weighted by atomic mass is 9.85. The van der Waals surface area contributed by atoms with Gasteiger partial charge >= 0.3 is 5.97 Å². The number of rotatable bonds is 6. The lowest BCUT2D eigenvalue weighted by molar-refractivity contribution is -0.153. The summed E-state index contributed by atoms with van der Waals surface area (Å²) in [6, 6.07) is 9.62. The number of benzene rings is 1. The normalized spacial score (nSPS) is 23.5. The third kappa shape index (κ3) is 5.16. The van der Waals surface area contributed by atoms with Crippen LogP contribution in [0.1, 0.15) is 51.0 Å². The van der Waals surface area contributed by atoms with Crippen molar-refractivity contribution in [2.24, 2.45) is 11.7 Å². The van der Waals surface area contributed by atoms with Crippen LogP contribution in [0.3, 0.4) is 0 Å². The molecule has 21 heavy (non-hydrogen) atoms. The van der Waals surface area contributed by atoms with Crippen molar-refractivity contribution in [3.63, 3.8) is 0 Å². The summed E-state index contributed by atoms with van der Waals surface area (Å²) in [5, 5.41) is 0. The van der Waals surface area contributed by atoms with Crippen molar-refractivity contribution in [3.05, 3.63) is 35.9 Å². The Balaban J connectivity index is 1.74. The number of nitrogens with two attached hydrogens (primary N) is 1. The second kappa shape index (κ2) is 8.18. The van der Waals surface area contributed by atoms with E-state index in [-0.39, 0.29) is 12.1 Å². The van der Waals surface area contributed by atoms with E-state index in [1.54, 1.807) is 0 Å². The van der Waals surface area contributed by atoms with Crippen LogP contribution in [0.15, 0.2) is 30.3 Å². The first-order valence-electron chi connectivity index (χ1n) is 8.19. The van der Waals surface area contributed by atoms with Crippen molar-refractivity contribution >= 4 is 5.97 Å². The van der Waals surface area contributed by atoms with Crippen LogP contribution >= 0.6 is 0 Å². The van der Waals surface area contributed by atoms with Gasteiger partial charge in [-0.05, 0) is 43.6 Å². The standard InChI is InChI=1S/C18H27NO2/c1-2-14-9-6-10-16(13-14)21-18(20)17(19)12-11-15-7-4-3-5-8-15/h3-5,7-8,14,16-17H,2,6,9-13,19H2,1H3. The molecule has 0 amide bonds. The summed E-state index contributed by atoms with van der Waals surface area (Å²) < 4.78 is 5.61. The minimum atomic E-state index is -0.507. The Kier molecular flexibility index (Phi) is 6.24. The van der Waals surface area contributed by atoms with E-state index in [0.29, 0.717) is 12.3 Å². The molecular formula is C18H27NO2. The lowest BCUT2D eigenvalue weighted by Gasteiger charge is -2.29. The number of esters is 1. The minimum absolute atomic E-state index is 0.0824. The molecule has 0 bridgehead atoms. The molecule has 0 aromatic heterocycles. The second-order valence-corrected chi connectivity index (χ2v) is 6.13. The van der Waals surface area contributed by atoms with Crippen LogP contribution in [-0.2, 0) is 16.0 Å². The highest BCUT2D eigenvalue weighted by molar-refractivity contribution is 5.75. The summed E-state index contributed by atoms with van der Waals surface area (Å²) in [6.45, 7) is 2.21. The van der Waals surface area contributed by atoms with Crippen LogP contribution < -0.4 is 5.73 Å². The molecule has 1 saturated carbocycles. The van der Waals surface area contributed by atoms with Gasteiger partial charge in [0.15, 0.2) is 0 Å². The molecule has 0 aliphatic heterocycles. The Bertz CT molecular complexity index is 432. The molecule has 0 spiro atoms. The number of hydrogen-bond acceptors (Lipinski definition) is 3. The van der Waals surface area contributed by atoms with E-state index >= 15 is 0 Å². The maximum atomic E-state index is 12.1. The zero-order chi connectivity index (χ0) is 15.1. The van der Waals surface area contributed by atoms with Gasteiger partial charge in [0.1, 0.15) is 12.1 Å². The van der Waals surface area contributed by atoms with Crippen molar-refractivity contribution in [1.82, 2.24) is 0 Å². The summed E-state index contributed by atoms with van der Waals surface area (Å²) in [5.74, 6) is 0.477. The van der Waals surface area contributed by atoms with Crippen LogP contribution in [0.2, 0.25) is 0 Å².